The maximum absolute atomic E-state index is 12.3. The van der Waals surface area contributed by atoms with Crippen molar-refractivity contribution in [3.63, 3.8) is 0 Å². The number of anilines is 1. The molecule has 0 saturated carbocycles. The molecule has 0 aromatic heterocycles. The van der Waals surface area contributed by atoms with Crippen molar-refractivity contribution >= 4 is 17.5 Å². The van der Waals surface area contributed by atoms with E-state index in [4.69, 9.17) is 5.73 Å². The van der Waals surface area contributed by atoms with Crippen molar-refractivity contribution in [2.75, 3.05) is 11.4 Å². The van der Waals surface area contributed by atoms with Crippen LogP contribution in [0.4, 0.5) is 5.69 Å². The van der Waals surface area contributed by atoms with Gasteiger partial charge in [0.1, 0.15) is 6.04 Å². The topological polar surface area (TPSA) is 75.4 Å². The second kappa shape index (κ2) is 6.05. The number of nitrogens with zero attached hydrogens (tertiary/aromatic N) is 1. The molecule has 0 spiro atoms. The molecule has 0 bridgehead atoms. The highest BCUT2D eigenvalue weighted by atomic mass is 16.2. The molecule has 1 saturated heterocycles. The van der Waals surface area contributed by atoms with Gasteiger partial charge in [-0.25, -0.2) is 0 Å². The van der Waals surface area contributed by atoms with E-state index in [1.807, 2.05) is 31.2 Å². The van der Waals surface area contributed by atoms with Gasteiger partial charge in [0.25, 0.3) is 0 Å². The van der Waals surface area contributed by atoms with Gasteiger partial charge in [0.15, 0.2) is 0 Å². The van der Waals surface area contributed by atoms with Crippen LogP contribution in [0.5, 0.6) is 0 Å². The van der Waals surface area contributed by atoms with Crippen LogP contribution in [0.2, 0.25) is 0 Å². The normalized spacial score (nSPS) is 20.1. The van der Waals surface area contributed by atoms with E-state index in [2.05, 4.69) is 5.32 Å². The van der Waals surface area contributed by atoms with Crippen LogP contribution in [0.15, 0.2) is 24.3 Å². The summed E-state index contributed by atoms with van der Waals surface area (Å²) >= 11 is 0. The number of hydrogen-bond acceptors (Lipinski definition) is 3. The molecule has 2 amide bonds. The molecule has 1 aliphatic heterocycles. The standard InChI is InChI=1S/C15H21N3O2/c1-10-3-5-12(6-4-10)18-8-7-13(15(18)20)17-14(19)9-11(2)16/h3-6,11,13H,7-9,16H2,1-2H3,(H,17,19). The van der Waals surface area contributed by atoms with Crippen molar-refractivity contribution in [1.82, 2.24) is 5.32 Å². The molecule has 3 N–H and O–H groups in total. The second-order valence-corrected chi connectivity index (χ2v) is 5.42. The predicted octanol–water partition coefficient (Wildman–Crippen LogP) is 0.954. The molecule has 0 radical (unpaired) electrons. The summed E-state index contributed by atoms with van der Waals surface area (Å²) in [4.78, 5) is 25.7. The number of benzene rings is 1. The molecule has 2 rings (SSSR count). The molecule has 5 nitrogen and oxygen atoms in total. The van der Waals surface area contributed by atoms with Crippen LogP contribution in [-0.2, 0) is 9.59 Å². The Morgan fingerprint density at radius 3 is 2.70 bits per heavy atom. The molecule has 1 aliphatic rings. The summed E-state index contributed by atoms with van der Waals surface area (Å²) in [7, 11) is 0. The maximum Gasteiger partial charge on any atom is 0.249 e. The Morgan fingerprint density at radius 1 is 1.45 bits per heavy atom. The zero-order valence-electron chi connectivity index (χ0n) is 11.9. The van der Waals surface area contributed by atoms with E-state index in [-0.39, 0.29) is 24.3 Å². The Hall–Kier alpha value is -1.88. The smallest absolute Gasteiger partial charge is 0.249 e. The third-order valence-electron chi connectivity index (χ3n) is 3.39. The molecule has 20 heavy (non-hydrogen) atoms. The number of nitrogens with two attached hydrogens (primary N) is 1. The highest BCUT2D eigenvalue weighted by Gasteiger charge is 2.33. The zero-order valence-corrected chi connectivity index (χ0v) is 11.9. The number of aryl methyl sites for hydroxylation is 1. The number of rotatable bonds is 4. The Bertz CT molecular complexity index is 496. The molecule has 0 aliphatic carbocycles. The van der Waals surface area contributed by atoms with Gasteiger partial charge in [-0.3, -0.25) is 9.59 Å². The highest BCUT2D eigenvalue weighted by molar-refractivity contribution is 6.01. The molecule has 1 aromatic rings. The fourth-order valence-corrected chi connectivity index (χ4v) is 2.34. The first-order valence-corrected chi connectivity index (χ1v) is 6.90. The van der Waals surface area contributed by atoms with E-state index >= 15 is 0 Å². The van der Waals surface area contributed by atoms with Crippen molar-refractivity contribution in [2.45, 2.75) is 38.8 Å². The van der Waals surface area contributed by atoms with Crippen LogP contribution in [0.3, 0.4) is 0 Å². The average molecular weight is 275 g/mol. The molecule has 2 unspecified atom stereocenters. The van der Waals surface area contributed by atoms with Gasteiger partial charge < -0.3 is 16.0 Å². The summed E-state index contributed by atoms with van der Waals surface area (Å²) in [6.07, 6.45) is 0.881. The van der Waals surface area contributed by atoms with Crippen molar-refractivity contribution in [3.05, 3.63) is 29.8 Å². The number of carbonyl (C=O) groups excluding carboxylic acids is 2. The van der Waals surface area contributed by atoms with E-state index in [9.17, 15) is 9.59 Å². The second-order valence-electron chi connectivity index (χ2n) is 5.42. The Labute approximate surface area is 119 Å². The van der Waals surface area contributed by atoms with Crippen LogP contribution >= 0.6 is 0 Å². The van der Waals surface area contributed by atoms with Crippen molar-refractivity contribution in [3.8, 4) is 0 Å². The van der Waals surface area contributed by atoms with Gasteiger partial charge in [-0.1, -0.05) is 17.7 Å². The number of hydrogen-bond donors (Lipinski definition) is 2. The minimum absolute atomic E-state index is 0.0492. The van der Waals surface area contributed by atoms with E-state index < -0.39 is 6.04 Å². The van der Waals surface area contributed by atoms with Crippen molar-refractivity contribution in [1.29, 1.82) is 0 Å². The van der Waals surface area contributed by atoms with Crippen LogP contribution in [0, 0.1) is 6.92 Å². The van der Waals surface area contributed by atoms with Crippen molar-refractivity contribution < 1.29 is 9.59 Å². The lowest BCUT2D eigenvalue weighted by molar-refractivity contribution is -0.126. The highest BCUT2D eigenvalue weighted by Crippen LogP contribution is 2.22. The van der Waals surface area contributed by atoms with Crippen molar-refractivity contribution in [2.24, 2.45) is 5.73 Å². The monoisotopic (exact) mass is 275 g/mol. The maximum atomic E-state index is 12.3. The molecular weight excluding hydrogens is 254 g/mol. The molecule has 1 aromatic carbocycles. The summed E-state index contributed by atoms with van der Waals surface area (Å²) in [5.74, 6) is -0.212. The average Bonchev–Trinajstić information content (AvgIpc) is 2.71. The lowest BCUT2D eigenvalue weighted by Gasteiger charge is -2.17. The Kier molecular flexibility index (Phi) is 4.39. The first kappa shape index (κ1) is 14.5. The summed E-state index contributed by atoms with van der Waals surface area (Å²) in [6, 6.07) is 7.19. The van der Waals surface area contributed by atoms with Gasteiger partial charge in [-0.05, 0) is 32.4 Å². The lowest BCUT2D eigenvalue weighted by Crippen LogP contribution is -2.42. The molecule has 1 heterocycles. The number of amides is 2. The van der Waals surface area contributed by atoms with E-state index in [1.165, 1.54) is 0 Å². The Morgan fingerprint density at radius 2 is 2.10 bits per heavy atom. The quantitative estimate of drug-likeness (QED) is 0.859. The first-order valence-electron chi connectivity index (χ1n) is 6.90. The number of carbonyl (C=O) groups is 2. The predicted molar refractivity (Wildman–Crippen MR) is 78.3 cm³/mol. The molecule has 1 fully saturated rings. The summed E-state index contributed by atoms with van der Waals surface area (Å²) < 4.78 is 0. The van der Waals surface area contributed by atoms with Gasteiger partial charge in [-0.2, -0.15) is 0 Å². The van der Waals surface area contributed by atoms with Crippen LogP contribution in [0.1, 0.15) is 25.3 Å². The molecular formula is C15H21N3O2. The van der Waals surface area contributed by atoms with Gasteiger partial charge in [-0.15, -0.1) is 0 Å². The first-order chi connectivity index (χ1) is 9.47. The van der Waals surface area contributed by atoms with Gasteiger partial charge >= 0.3 is 0 Å². The minimum atomic E-state index is -0.428. The summed E-state index contributed by atoms with van der Waals surface area (Å²) in [5.41, 5.74) is 7.61. The van der Waals surface area contributed by atoms with E-state index in [0.29, 0.717) is 13.0 Å². The number of nitrogens with one attached hydrogen (secondary N) is 1. The van der Waals surface area contributed by atoms with Crippen LogP contribution in [0.25, 0.3) is 0 Å². The Balaban J connectivity index is 1.99. The lowest BCUT2D eigenvalue weighted by atomic mass is 10.2. The minimum Gasteiger partial charge on any atom is -0.344 e. The zero-order chi connectivity index (χ0) is 14.7. The summed E-state index contributed by atoms with van der Waals surface area (Å²) in [6.45, 7) is 4.41. The fourth-order valence-electron chi connectivity index (χ4n) is 2.34. The third kappa shape index (κ3) is 3.36. The molecule has 2 atom stereocenters. The van der Waals surface area contributed by atoms with Gasteiger partial charge in [0.2, 0.25) is 11.8 Å². The summed E-state index contributed by atoms with van der Waals surface area (Å²) in [5, 5.41) is 2.76. The van der Waals surface area contributed by atoms with Crippen LogP contribution < -0.4 is 16.0 Å². The largest absolute Gasteiger partial charge is 0.344 e. The van der Waals surface area contributed by atoms with Gasteiger partial charge in [0.05, 0.1) is 0 Å². The molecule has 5 heteroatoms. The SMILES string of the molecule is Cc1ccc(N2CCC(NC(=O)CC(C)N)C2=O)cc1. The van der Waals surface area contributed by atoms with E-state index in [0.717, 1.165) is 11.3 Å². The molecule has 108 valence electrons. The van der Waals surface area contributed by atoms with E-state index in [1.54, 1.807) is 11.8 Å². The van der Waals surface area contributed by atoms with Gasteiger partial charge in [0, 0.05) is 24.7 Å². The third-order valence-corrected chi connectivity index (χ3v) is 3.39. The fraction of sp³-hybridized carbons (Fsp3) is 0.467. The van der Waals surface area contributed by atoms with Crippen LogP contribution in [-0.4, -0.2) is 30.4 Å².